The van der Waals surface area contributed by atoms with Gasteiger partial charge in [0, 0.05) is 49.2 Å². The number of hydrogen-bond acceptors (Lipinski definition) is 4. The summed E-state index contributed by atoms with van der Waals surface area (Å²) in [7, 11) is 0. The van der Waals surface area contributed by atoms with Crippen LogP contribution in [0.1, 0.15) is 49.3 Å². The van der Waals surface area contributed by atoms with E-state index in [1.807, 2.05) is 58.3 Å². The van der Waals surface area contributed by atoms with Crippen LogP contribution in [0.4, 0.5) is 0 Å². The van der Waals surface area contributed by atoms with Gasteiger partial charge in [-0.05, 0) is 72.6 Å². The molecule has 0 aromatic heterocycles. The third kappa shape index (κ3) is 6.93. The average molecular weight is 619 g/mol. The maximum absolute atomic E-state index is 14.5. The summed E-state index contributed by atoms with van der Waals surface area (Å²) in [5.41, 5.74) is 5.10. The minimum absolute atomic E-state index is 0.0413. The first-order valence-electron chi connectivity index (χ1n) is 15.1. The van der Waals surface area contributed by atoms with E-state index >= 15 is 0 Å². The molecule has 224 valence electrons. The van der Waals surface area contributed by atoms with Crippen molar-refractivity contribution in [3.8, 4) is 5.75 Å². The summed E-state index contributed by atoms with van der Waals surface area (Å²) in [6, 6.07) is 24.0. The van der Waals surface area contributed by atoms with Gasteiger partial charge in [0.25, 0.3) is 5.91 Å². The molecule has 1 saturated carbocycles. The Morgan fingerprint density at radius 2 is 1.67 bits per heavy atom. The van der Waals surface area contributed by atoms with E-state index < -0.39 is 0 Å². The van der Waals surface area contributed by atoms with E-state index in [1.165, 1.54) is 5.56 Å². The molecule has 1 aliphatic carbocycles. The average Bonchev–Trinajstić information content (AvgIpc) is 3.85. The van der Waals surface area contributed by atoms with Crippen LogP contribution in [0, 0.1) is 0 Å². The zero-order valence-electron chi connectivity index (χ0n) is 24.4. The molecule has 1 N–H and O–H groups in total. The number of nitrogens with one attached hydrogen (secondary N) is 1. The van der Waals surface area contributed by atoms with E-state index in [2.05, 4.69) is 29.6 Å². The molecule has 2 fully saturated rings. The Kier molecular flexibility index (Phi) is 9.08. The zero-order chi connectivity index (χ0) is 29.9. The van der Waals surface area contributed by atoms with Crippen LogP contribution in [0.5, 0.6) is 5.75 Å². The van der Waals surface area contributed by atoms with Crippen molar-refractivity contribution >= 4 is 40.6 Å². The second-order valence-corrected chi connectivity index (χ2v) is 12.6. The smallest absolute Gasteiger partial charge is 0.252 e. The van der Waals surface area contributed by atoms with E-state index in [0.717, 1.165) is 48.0 Å². The molecular weight excluding hydrogens is 581 g/mol. The molecule has 2 atom stereocenters. The first-order chi connectivity index (χ1) is 20.9. The van der Waals surface area contributed by atoms with Crippen LogP contribution >= 0.6 is 23.2 Å². The van der Waals surface area contributed by atoms with Gasteiger partial charge in [0.2, 0.25) is 5.91 Å². The highest BCUT2D eigenvalue weighted by molar-refractivity contribution is 6.32. The Morgan fingerprint density at radius 3 is 2.37 bits per heavy atom. The quantitative estimate of drug-likeness (QED) is 0.262. The van der Waals surface area contributed by atoms with E-state index in [1.54, 1.807) is 6.92 Å². The van der Waals surface area contributed by atoms with Crippen molar-refractivity contribution in [2.75, 3.05) is 19.7 Å². The fourth-order valence-electron chi connectivity index (χ4n) is 6.23. The fourth-order valence-corrected chi connectivity index (χ4v) is 6.62. The van der Waals surface area contributed by atoms with Gasteiger partial charge < -0.3 is 19.9 Å². The van der Waals surface area contributed by atoms with E-state index in [-0.39, 0.29) is 29.9 Å². The van der Waals surface area contributed by atoms with E-state index in [0.29, 0.717) is 48.5 Å². The van der Waals surface area contributed by atoms with Gasteiger partial charge in [-0.3, -0.25) is 9.59 Å². The zero-order valence-corrected chi connectivity index (χ0v) is 25.9. The second kappa shape index (κ2) is 13.1. The van der Waals surface area contributed by atoms with Crippen LogP contribution in [0.25, 0.3) is 5.57 Å². The van der Waals surface area contributed by atoms with Crippen LogP contribution in [0.2, 0.25) is 10.0 Å². The van der Waals surface area contributed by atoms with Crippen molar-refractivity contribution in [3.63, 3.8) is 0 Å². The summed E-state index contributed by atoms with van der Waals surface area (Å²) in [5.74, 6) is 0.794. The van der Waals surface area contributed by atoms with E-state index in [9.17, 15) is 9.59 Å². The number of halogens is 2. The number of carbonyl (C=O) groups excluding carboxylic acids is 2. The number of piperazine rings is 1. The normalized spacial score (nSPS) is 19.7. The van der Waals surface area contributed by atoms with Crippen molar-refractivity contribution in [1.29, 1.82) is 0 Å². The molecule has 0 spiro atoms. The van der Waals surface area contributed by atoms with Gasteiger partial charge in [-0.1, -0.05) is 77.8 Å². The van der Waals surface area contributed by atoms with Gasteiger partial charge in [-0.25, -0.2) is 0 Å². The van der Waals surface area contributed by atoms with Gasteiger partial charge in [-0.2, -0.15) is 0 Å². The number of benzene rings is 3. The summed E-state index contributed by atoms with van der Waals surface area (Å²) in [5, 5.41) is 4.96. The molecule has 43 heavy (non-hydrogen) atoms. The van der Waals surface area contributed by atoms with Crippen molar-refractivity contribution in [2.24, 2.45) is 0 Å². The number of amides is 2. The molecule has 2 amide bonds. The lowest BCUT2D eigenvalue weighted by molar-refractivity contribution is -0.132. The molecule has 2 bridgehead atoms. The van der Waals surface area contributed by atoms with Gasteiger partial charge in [0.15, 0.2) is 0 Å². The highest BCUT2D eigenvalue weighted by Gasteiger charge is 2.43. The van der Waals surface area contributed by atoms with Crippen LogP contribution in [0.15, 0.2) is 78.4 Å². The first kappa shape index (κ1) is 29.7. The number of hydrogen-bond donors (Lipinski definition) is 1. The Bertz CT molecular complexity index is 1520. The predicted molar refractivity (Wildman–Crippen MR) is 171 cm³/mol. The molecule has 2 aliphatic heterocycles. The number of ether oxygens (including phenoxy) is 1. The van der Waals surface area contributed by atoms with Gasteiger partial charge >= 0.3 is 0 Å². The lowest BCUT2D eigenvalue weighted by Gasteiger charge is -2.44. The molecule has 6 rings (SSSR count). The second-order valence-electron chi connectivity index (χ2n) is 11.8. The van der Waals surface area contributed by atoms with Gasteiger partial charge in [-0.15, -0.1) is 0 Å². The van der Waals surface area contributed by atoms with Crippen LogP contribution < -0.4 is 10.1 Å². The summed E-state index contributed by atoms with van der Waals surface area (Å²) >= 11 is 12.7. The number of para-hydroxylation sites is 1. The largest absolute Gasteiger partial charge is 0.492 e. The molecule has 2 heterocycles. The number of aryl methyl sites for hydroxylation is 1. The summed E-state index contributed by atoms with van der Waals surface area (Å²) in [6.07, 6.45) is 4.42. The molecule has 6 nitrogen and oxygen atoms in total. The van der Waals surface area contributed by atoms with Crippen molar-refractivity contribution < 1.29 is 14.3 Å². The van der Waals surface area contributed by atoms with Crippen molar-refractivity contribution in [2.45, 2.75) is 63.7 Å². The Morgan fingerprint density at radius 1 is 0.953 bits per heavy atom. The molecule has 3 aromatic rings. The van der Waals surface area contributed by atoms with Crippen LogP contribution in [-0.4, -0.2) is 59.4 Å². The maximum atomic E-state index is 14.5. The Hall–Kier alpha value is -3.32. The number of rotatable bonds is 10. The molecular formula is C35H37Cl2N3O3. The molecule has 3 aromatic carbocycles. The van der Waals surface area contributed by atoms with Gasteiger partial charge in [0.05, 0.1) is 17.7 Å². The molecule has 0 radical (unpaired) electrons. The summed E-state index contributed by atoms with van der Waals surface area (Å²) in [6.45, 7) is 3.80. The Labute approximate surface area is 263 Å². The summed E-state index contributed by atoms with van der Waals surface area (Å²) < 4.78 is 5.86. The van der Waals surface area contributed by atoms with Crippen LogP contribution in [0.3, 0.4) is 0 Å². The standard InChI is InChI=1S/C35H37Cl2N3O3/c1-23(41)39-21-27-19-29(25-14-12-24(13-15-25)7-6-18-43-33-11-5-4-10-31(33)37)34(32(22-39)38-27)35(42)40(28-16-17-28)20-26-8-2-3-9-30(26)36/h2-5,8-15,27-28,32,38H,6-7,16-22H2,1H3/t27-,32-/m1/s1. The molecule has 1 saturated heterocycles. The fraction of sp³-hybridized carbons (Fsp3) is 0.371. The SMILES string of the molecule is CC(=O)N1C[C@H]2CC(c3ccc(CCCOc4ccccc4Cl)cc3)=C(C(=O)N(Cc3ccccc3Cl)C3CC3)[C@@H](C1)N2. The first-order valence-corrected chi connectivity index (χ1v) is 15.9. The summed E-state index contributed by atoms with van der Waals surface area (Å²) in [4.78, 5) is 30.8. The third-order valence-corrected chi connectivity index (χ3v) is 9.31. The molecule has 3 aliphatic rings. The Balaban J connectivity index is 1.24. The highest BCUT2D eigenvalue weighted by Crippen LogP contribution is 2.38. The third-order valence-electron chi connectivity index (χ3n) is 8.63. The lowest BCUT2D eigenvalue weighted by Crippen LogP contribution is -2.61. The molecule has 8 heteroatoms. The van der Waals surface area contributed by atoms with Crippen LogP contribution in [-0.2, 0) is 22.6 Å². The number of fused-ring (bicyclic) bond motifs is 2. The van der Waals surface area contributed by atoms with Crippen molar-refractivity contribution in [3.05, 3.63) is 105 Å². The highest BCUT2D eigenvalue weighted by atomic mass is 35.5. The topological polar surface area (TPSA) is 61.9 Å². The van der Waals surface area contributed by atoms with Crippen molar-refractivity contribution in [1.82, 2.24) is 15.1 Å². The molecule has 0 unspecified atom stereocenters. The lowest BCUT2D eigenvalue weighted by atomic mass is 9.82. The monoisotopic (exact) mass is 617 g/mol. The number of carbonyl (C=O) groups is 2. The minimum atomic E-state index is -0.215. The van der Waals surface area contributed by atoms with E-state index in [4.69, 9.17) is 27.9 Å². The number of nitrogens with zero attached hydrogens (tertiary/aromatic N) is 2. The predicted octanol–water partition coefficient (Wildman–Crippen LogP) is 6.54. The minimum Gasteiger partial charge on any atom is -0.492 e. The maximum Gasteiger partial charge on any atom is 0.252 e. The van der Waals surface area contributed by atoms with Gasteiger partial charge in [0.1, 0.15) is 5.75 Å².